The van der Waals surface area contributed by atoms with E-state index < -0.39 is 4.92 Å². The molecule has 0 spiro atoms. The van der Waals surface area contributed by atoms with Crippen molar-refractivity contribution in [2.24, 2.45) is 0 Å². The van der Waals surface area contributed by atoms with Crippen molar-refractivity contribution >= 4 is 5.82 Å². The number of pyridine rings is 1. The molecule has 1 fully saturated rings. The van der Waals surface area contributed by atoms with Crippen LogP contribution in [0.5, 0.6) is 5.75 Å². The van der Waals surface area contributed by atoms with E-state index in [0.29, 0.717) is 5.75 Å². The molecule has 1 heterocycles. The molecule has 0 unspecified atom stereocenters. The molecule has 0 saturated heterocycles. The second-order valence-corrected chi connectivity index (χ2v) is 3.58. The summed E-state index contributed by atoms with van der Waals surface area (Å²) in [5, 5.41) is 10.5. The number of rotatable bonds is 4. The molecule has 0 aliphatic heterocycles. The van der Waals surface area contributed by atoms with Gasteiger partial charge in [-0.3, -0.25) is 0 Å². The van der Waals surface area contributed by atoms with Crippen molar-refractivity contribution < 1.29 is 9.66 Å². The van der Waals surface area contributed by atoms with Crippen molar-refractivity contribution in [3.8, 4) is 5.75 Å². The zero-order valence-corrected chi connectivity index (χ0v) is 8.47. The normalized spacial score (nSPS) is 15.0. The lowest BCUT2D eigenvalue weighted by molar-refractivity contribution is -0.389. The van der Waals surface area contributed by atoms with E-state index >= 15 is 0 Å². The zero-order chi connectivity index (χ0) is 10.8. The minimum absolute atomic E-state index is 0.150. The Morgan fingerprint density at radius 3 is 2.93 bits per heavy atom. The first-order chi connectivity index (χ1) is 7.20. The highest BCUT2D eigenvalue weighted by atomic mass is 16.6. The van der Waals surface area contributed by atoms with E-state index in [-0.39, 0.29) is 11.9 Å². The first-order valence-electron chi connectivity index (χ1n) is 5.00. The fourth-order valence-electron chi connectivity index (χ4n) is 1.30. The minimum atomic E-state index is -0.501. The van der Waals surface area contributed by atoms with Crippen LogP contribution < -0.4 is 4.74 Å². The standard InChI is InChI=1S/C10H12N2O3/c1-2-7-6-11-10(12(13)14)5-9(7)15-8-3-4-8/h5-6,8H,2-4H2,1H3. The highest BCUT2D eigenvalue weighted by molar-refractivity contribution is 5.38. The molecule has 0 aromatic carbocycles. The average Bonchev–Trinajstić information content (AvgIpc) is 3.01. The molecule has 5 heteroatoms. The second kappa shape index (κ2) is 3.84. The number of nitrogens with zero attached hydrogens (tertiary/aromatic N) is 2. The van der Waals surface area contributed by atoms with Gasteiger partial charge in [-0.05, 0) is 29.2 Å². The van der Waals surface area contributed by atoms with Crippen LogP contribution in [0.3, 0.4) is 0 Å². The van der Waals surface area contributed by atoms with Gasteiger partial charge in [0.25, 0.3) is 0 Å². The Balaban J connectivity index is 2.28. The Labute approximate surface area is 87.2 Å². The fraction of sp³-hybridized carbons (Fsp3) is 0.500. The molecule has 0 atom stereocenters. The van der Waals surface area contributed by atoms with Gasteiger partial charge in [0.05, 0.1) is 12.2 Å². The van der Waals surface area contributed by atoms with Gasteiger partial charge in [0.1, 0.15) is 11.9 Å². The van der Waals surface area contributed by atoms with Crippen molar-refractivity contribution in [3.63, 3.8) is 0 Å². The summed E-state index contributed by atoms with van der Waals surface area (Å²) in [6, 6.07) is 1.41. The lowest BCUT2D eigenvalue weighted by atomic mass is 10.2. The van der Waals surface area contributed by atoms with Gasteiger partial charge in [-0.25, -0.2) is 0 Å². The molecule has 15 heavy (non-hydrogen) atoms. The van der Waals surface area contributed by atoms with Crippen molar-refractivity contribution in [3.05, 3.63) is 27.9 Å². The van der Waals surface area contributed by atoms with Gasteiger partial charge in [0.15, 0.2) is 0 Å². The number of ether oxygens (including phenoxy) is 1. The van der Waals surface area contributed by atoms with Crippen molar-refractivity contribution in [2.45, 2.75) is 32.3 Å². The summed E-state index contributed by atoms with van der Waals surface area (Å²) >= 11 is 0. The molecule has 1 aliphatic carbocycles. The van der Waals surface area contributed by atoms with E-state index in [9.17, 15) is 10.1 Å². The lowest BCUT2D eigenvalue weighted by Gasteiger charge is -2.07. The Morgan fingerprint density at radius 2 is 2.40 bits per heavy atom. The van der Waals surface area contributed by atoms with Crippen LogP contribution in [0.2, 0.25) is 0 Å². The molecule has 0 N–H and O–H groups in total. The summed E-state index contributed by atoms with van der Waals surface area (Å²) in [6.07, 6.45) is 4.62. The summed E-state index contributed by atoms with van der Waals surface area (Å²) in [6.45, 7) is 1.97. The number of aryl methyl sites for hydroxylation is 1. The smallest absolute Gasteiger partial charge is 0.367 e. The Hall–Kier alpha value is -1.65. The molecular weight excluding hydrogens is 196 g/mol. The molecule has 80 valence electrons. The minimum Gasteiger partial charge on any atom is -0.490 e. The number of hydrogen-bond acceptors (Lipinski definition) is 4. The SMILES string of the molecule is CCc1cnc([N+](=O)[O-])cc1OC1CC1. The third-order valence-electron chi connectivity index (χ3n) is 2.32. The Bertz CT molecular complexity index is 388. The van der Waals surface area contributed by atoms with Gasteiger partial charge in [-0.2, -0.15) is 0 Å². The summed E-state index contributed by atoms with van der Waals surface area (Å²) in [4.78, 5) is 13.8. The topological polar surface area (TPSA) is 65.3 Å². The van der Waals surface area contributed by atoms with Crippen LogP contribution in [0.25, 0.3) is 0 Å². The zero-order valence-electron chi connectivity index (χ0n) is 8.47. The van der Waals surface area contributed by atoms with E-state index in [1.807, 2.05) is 6.92 Å². The van der Waals surface area contributed by atoms with Crippen LogP contribution in [0.4, 0.5) is 5.82 Å². The number of aromatic nitrogens is 1. The summed E-state index contributed by atoms with van der Waals surface area (Å²) < 4.78 is 5.59. The van der Waals surface area contributed by atoms with Crippen molar-refractivity contribution in [1.82, 2.24) is 4.98 Å². The van der Waals surface area contributed by atoms with Crippen LogP contribution in [0.15, 0.2) is 12.3 Å². The molecule has 0 bridgehead atoms. The molecular formula is C10H12N2O3. The summed E-state index contributed by atoms with van der Waals surface area (Å²) in [5.74, 6) is 0.463. The fourth-order valence-corrected chi connectivity index (χ4v) is 1.30. The van der Waals surface area contributed by atoms with Gasteiger partial charge in [0, 0.05) is 5.56 Å². The quantitative estimate of drug-likeness (QED) is 0.561. The van der Waals surface area contributed by atoms with Gasteiger partial charge in [-0.1, -0.05) is 6.92 Å². The van der Waals surface area contributed by atoms with Crippen LogP contribution in [-0.4, -0.2) is 16.0 Å². The Kier molecular flexibility index (Phi) is 2.53. The van der Waals surface area contributed by atoms with E-state index in [1.54, 1.807) is 0 Å². The van der Waals surface area contributed by atoms with E-state index in [1.165, 1.54) is 12.3 Å². The van der Waals surface area contributed by atoms with Crippen LogP contribution in [0.1, 0.15) is 25.3 Å². The van der Waals surface area contributed by atoms with Gasteiger partial charge in [0.2, 0.25) is 0 Å². The monoisotopic (exact) mass is 208 g/mol. The van der Waals surface area contributed by atoms with Gasteiger partial charge >= 0.3 is 5.82 Å². The summed E-state index contributed by atoms with van der Waals surface area (Å²) in [5.41, 5.74) is 0.924. The maximum absolute atomic E-state index is 10.5. The molecule has 1 aliphatic rings. The maximum Gasteiger partial charge on any atom is 0.367 e. The second-order valence-electron chi connectivity index (χ2n) is 3.58. The molecule has 1 aromatic rings. The van der Waals surface area contributed by atoms with Crippen molar-refractivity contribution in [2.75, 3.05) is 0 Å². The summed E-state index contributed by atoms with van der Waals surface area (Å²) in [7, 11) is 0. The van der Waals surface area contributed by atoms with Crippen LogP contribution >= 0.6 is 0 Å². The molecule has 1 aromatic heterocycles. The molecule has 0 radical (unpaired) electrons. The van der Waals surface area contributed by atoms with E-state index in [2.05, 4.69) is 4.98 Å². The Morgan fingerprint density at radius 1 is 1.67 bits per heavy atom. The van der Waals surface area contributed by atoms with E-state index in [4.69, 9.17) is 4.74 Å². The van der Waals surface area contributed by atoms with Crippen LogP contribution in [0, 0.1) is 10.1 Å². The number of nitro groups is 1. The highest BCUT2D eigenvalue weighted by Gasteiger charge is 2.25. The first-order valence-corrected chi connectivity index (χ1v) is 5.00. The third kappa shape index (κ3) is 2.23. The van der Waals surface area contributed by atoms with E-state index in [0.717, 1.165) is 24.8 Å². The molecule has 5 nitrogen and oxygen atoms in total. The maximum atomic E-state index is 10.5. The number of hydrogen-bond donors (Lipinski definition) is 0. The third-order valence-corrected chi connectivity index (χ3v) is 2.32. The predicted molar refractivity (Wildman–Crippen MR) is 53.9 cm³/mol. The largest absolute Gasteiger partial charge is 0.490 e. The molecule has 0 amide bonds. The lowest BCUT2D eigenvalue weighted by Crippen LogP contribution is -2.02. The van der Waals surface area contributed by atoms with Gasteiger partial charge < -0.3 is 14.9 Å². The first kappa shape index (κ1) is 9.89. The predicted octanol–water partition coefficient (Wildman–Crippen LogP) is 2.09. The van der Waals surface area contributed by atoms with Crippen molar-refractivity contribution in [1.29, 1.82) is 0 Å². The van der Waals surface area contributed by atoms with Crippen LogP contribution in [-0.2, 0) is 6.42 Å². The molecule has 1 saturated carbocycles. The molecule has 2 rings (SSSR count). The highest BCUT2D eigenvalue weighted by Crippen LogP contribution is 2.30. The average molecular weight is 208 g/mol. The van der Waals surface area contributed by atoms with Gasteiger partial charge in [-0.15, -0.1) is 0 Å².